The van der Waals surface area contributed by atoms with E-state index in [2.05, 4.69) is 16.6 Å². The Labute approximate surface area is 135 Å². The maximum atomic E-state index is 11.6. The first kappa shape index (κ1) is 15.9. The van der Waals surface area contributed by atoms with Gasteiger partial charge in [0.25, 0.3) is 0 Å². The van der Waals surface area contributed by atoms with Crippen molar-refractivity contribution < 1.29 is 9.53 Å². The second kappa shape index (κ2) is 8.76. The molecule has 112 valence electrons. The zero-order valence-corrected chi connectivity index (χ0v) is 12.8. The van der Waals surface area contributed by atoms with Crippen LogP contribution in [0.2, 0.25) is 0 Å². The van der Waals surface area contributed by atoms with Gasteiger partial charge in [-0.2, -0.15) is 0 Å². The number of nitrogens with one attached hydrogen (secondary N) is 1. The number of benzene rings is 2. The zero-order chi connectivity index (χ0) is 15.6. The number of ether oxygens (including phenoxy) is 1. The van der Waals surface area contributed by atoms with Crippen molar-refractivity contribution in [3.63, 3.8) is 0 Å². The molecular formula is C18H16ClNO2. The summed E-state index contributed by atoms with van der Waals surface area (Å²) in [6.07, 6.45) is 0.243. The molecule has 0 saturated carbocycles. The first-order valence-electron chi connectivity index (χ1n) is 6.93. The van der Waals surface area contributed by atoms with Crippen LogP contribution < -0.4 is 5.32 Å². The number of hydrogen-bond donors (Lipinski definition) is 1. The summed E-state index contributed by atoms with van der Waals surface area (Å²) < 4.78 is 5.14. The van der Waals surface area contributed by atoms with E-state index in [1.54, 1.807) is 0 Å². The largest absolute Gasteiger partial charge is 0.445 e. The number of halogens is 1. The summed E-state index contributed by atoms with van der Waals surface area (Å²) in [6, 6.07) is 17.3. The molecule has 0 aliphatic heterocycles. The van der Waals surface area contributed by atoms with Crippen molar-refractivity contribution in [1.29, 1.82) is 0 Å². The van der Waals surface area contributed by atoms with E-state index >= 15 is 0 Å². The number of amides is 1. The van der Waals surface area contributed by atoms with Gasteiger partial charge < -0.3 is 10.1 Å². The highest BCUT2D eigenvalue weighted by molar-refractivity contribution is 6.30. The fraction of sp³-hybridized carbons (Fsp3) is 0.167. The molecule has 0 aliphatic rings. The number of hydrogen-bond acceptors (Lipinski definition) is 2. The van der Waals surface area contributed by atoms with E-state index < -0.39 is 6.09 Å². The van der Waals surface area contributed by atoms with Crippen molar-refractivity contribution in [3.8, 4) is 11.3 Å². The molecule has 0 spiro atoms. The Kier molecular flexibility index (Phi) is 6.35. The van der Waals surface area contributed by atoms with Gasteiger partial charge in [0.2, 0.25) is 0 Å². The third kappa shape index (κ3) is 5.16. The van der Waals surface area contributed by atoms with Gasteiger partial charge in [-0.25, -0.2) is 4.79 Å². The molecule has 2 aromatic rings. The summed E-state index contributed by atoms with van der Waals surface area (Å²) >= 11 is 5.44. The van der Waals surface area contributed by atoms with Gasteiger partial charge >= 0.3 is 6.09 Å². The molecule has 0 fully saturated rings. The van der Waals surface area contributed by atoms with Crippen molar-refractivity contribution >= 4 is 17.7 Å². The Balaban J connectivity index is 1.76. The van der Waals surface area contributed by atoms with Crippen LogP contribution >= 0.6 is 11.6 Å². The molecule has 0 aliphatic carbocycles. The van der Waals surface area contributed by atoms with Crippen LogP contribution in [0.1, 0.15) is 16.7 Å². The minimum Gasteiger partial charge on any atom is -0.445 e. The highest BCUT2D eigenvalue weighted by atomic mass is 35.5. The Morgan fingerprint density at radius 3 is 2.59 bits per heavy atom. The quantitative estimate of drug-likeness (QED) is 0.855. The average Bonchev–Trinajstić information content (AvgIpc) is 2.56. The van der Waals surface area contributed by atoms with Gasteiger partial charge in [-0.1, -0.05) is 48.5 Å². The standard InChI is InChI=1S/C18H16ClNO2/c19-12-10-16-8-4-5-9-17(16)11-13-20-18(21)22-14-15-6-2-1-3-7-15/h1-9H,11,13-14H2,(H,20,21). The summed E-state index contributed by atoms with van der Waals surface area (Å²) in [6.45, 7) is 0.746. The van der Waals surface area contributed by atoms with Crippen molar-refractivity contribution in [2.24, 2.45) is 0 Å². The first-order chi connectivity index (χ1) is 10.8. The summed E-state index contributed by atoms with van der Waals surface area (Å²) in [5, 5.41) is 5.10. The molecule has 0 heterocycles. The molecule has 0 atom stereocenters. The summed E-state index contributed by atoms with van der Waals surface area (Å²) in [5.41, 5.74) is 2.87. The van der Waals surface area contributed by atoms with Crippen LogP contribution in [-0.2, 0) is 17.8 Å². The highest BCUT2D eigenvalue weighted by Crippen LogP contribution is 2.08. The van der Waals surface area contributed by atoms with Crippen molar-refractivity contribution in [2.75, 3.05) is 6.54 Å². The molecule has 0 bridgehead atoms. The predicted molar refractivity (Wildman–Crippen MR) is 87.5 cm³/mol. The molecule has 4 heteroatoms. The lowest BCUT2D eigenvalue weighted by Crippen LogP contribution is -2.26. The smallest absolute Gasteiger partial charge is 0.407 e. The third-order valence-electron chi connectivity index (χ3n) is 3.08. The molecule has 1 amide bonds. The summed E-state index contributed by atoms with van der Waals surface area (Å²) in [7, 11) is 0. The predicted octanol–water partition coefficient (Wildman–Crippen LogP) is 3.70. The van der Waals surface area contributed by atoms with Crippen molar-refractivity contribution in [2.45, 2.75) is 13.0 Å². The molecule has 3 nitrogen and oxygen atoms in total. The van der Waals surface area contributed by atoms with E-state index in [1.807, 2.05) is 54.6 Å². The van der Waals surface area contributed by atoms with Crippen LogP contribution in [0.4, 0.5) is 4.79 Å². The van der Waals surface area contributed by atoms with Crippen LogP contribution in [0, 0.1) is 11.3 Å². The fourth-order valence-corrected chi connectivity index (χ4v) is 2.09. The van der Waals surface area contributed by atoms with Gasteiger partial charge in [-0.15, -0.1) is 0 Å². The molecule has 2 aromatic carbocycles. The molecule has 0 saturated heterocycles. The molecule has 0 aromatic heterocycles. The van der Waals surface area contributed by atoms with Gasteiger partial charge in [0.1, 0.15) is 6.61 Å². The lowest BCUT2D eigenvalue weighted by Gasteiger charge is -2.08. The van der Waals surface area contributed by atoms with Gasteiger partial charge in [0.15, 0.2) is 0 Å². The van der Waals surface area contributed by atoms with Gasteiger partial charge in [-0.05, 0) is 41.1 Å². The van der Waals surface area contributed by atoms with Crippen LogP contribution in [0.3, 0.4) is 0 Å². The monoisotopic (exact) mass is 313 g/mol. The zero-order valence-electron chi connectivity index (χ0n) is 12.0. The normalized spacial score (nSPS) is 9.50. The molecule has 22 heavy (non-hydrogen) atoms. The van der Waals surface area contributed by atoms with Crippen molar-refractivity contribution in [1.82, 2.24) is 5.32 Å². The maximum absolute atomic E-state index is 11.6. The summed E-state index contributed by atoms with van der Waals surface area (Å²) in [5.74, 6) is 2.83. The van der Waals surface area contributed by atoms with Crippen LogP contribution in [0.25, 0.3) is 0 Å². The summed E-state index contributed by atoms with van der Waals surface area (Å²) in [4.78, 5) is 11.6. The second-order valence-electron chi connectivity index (χ2n) is 4.62. The maximum Gasteiger partial charge on any atom is 0.407 e. The molecule has 0 radical (unpaired) electrons. The first-order valence-corrected chi connectivity index (χ1v) is 7.31. The Hall–Kier alpha value is -2.44. The highest BCUT2D eigenvalue weighted by Gasteiger charge is 2.04. The van der Waals surface area contributed by atoms with E-state index in [0.717, 1.165) is 16.7 Å². The third-order valence-corrected chi connectivity index (χ3v) is 3.17. The minimum atomic E-state index is -0.426. The molecule has 1 N–H and O–H groups in total. The SMILES string of the molecule is O=C(NCCc1ccccc1C#CCl)OCc1ccccc1. The van der Waals surface area contributed by atoms with Gasteiger partial charge in [0.05, 0.1) is 0 Å². The van der Waals surface area contributed by atoms with Crippen LogP contribution in [-0.4, -0.2) is 12.6 Å². The Morgan fingerprint density at radius 2 is 1.82 bits per heavy atom. The Morgan fingerprint density at radius 1 is 1.09 bits per heavy atom. The topological polar surface area (TPSA) is 38.3 Å². The molecular weight excluding hydrogens is 298 g/mol. The van der Waals surface area contributed by atoms with E-state index in [0.29, 0.717) is 13.0 Å². The molecule has 0 unspecified atom stereocenters. The van der Waals surface area contributed by atoms with Crippen LogP contribution in [0.5, 0.6) is 0 Å². The van der Waals surface area contributed by atoms with E-state index in [4.69, 9.17) is 16.3 Å². The lowest BCUT2D eigenvalue weighted by molar-refractivity contribution is 0.140. The van der Waals surface area contributed by atoms with Gasteiger partial charge in [-0.3, -0.25) is 0 Å². The van der Waals surface area contributed by atoms with Gasteiger partial charge in [0, 0.05) is 17.5 Å². The van der Waals surface area contributed by atoms with Crippen molar-refractivity contribution in [3.05, 3.63) is 71.3 Å². The average molecular weight is 314 g/mol. The Bertz CT molecular complexity index is 674. The van der Waals surface area contributed by atoms with E-state index in [9.17, 15) is 4.79 Å². The number of carbonyl (C=O) groups excluding carboxylic acids is 1. The minimum absolute atomic E-state index is 0.265. The fourth-order valence-electron chi connectivity index (χ4n) is 1.98. The number of carbonyl (C=O) groups is 1. The number of rotatable bonds is 5. The molecule has 2 rings (SSSR count). The van der Waals surface area contributed by atoms with E-state index in [1.165, 1.54) is 0 Å². The van der Waals surface area contributed by atoms with E-state index in [-0.39, 0.29) is 6.61 Å². The lowest BCUT2D eigenvalue weighted by atomic mass is 10.1. The van der Waals surface area contributed by atoms with Crippen LogP contribution in [0.15, 0.2) is 54.6 Å². The number of alkyl carbamates (subject to hydrolysis) is 1. The second-order valence-corrected chi connectivity index (χ2v) is 4.80.